The van der Waals surface area contributed by atoms with Gasteiger partial charge in [0, 0.05) is 16.9 Å². The number of carbonyl (C=O) groups is 1. The first-order valence-electron chi connectivity index (χ1n) is 2.88. The van der Waals surface area contributed by atoms with Crippen molar-refractivity contribution >= 4 is 28.1 Å². The third kappa shape index (κ3) is 1.51. The number of aromatic nitrogens is 1. The van der Waals surface area contributed by atoms with Crippen molar-refractivity contribution in [3.63, 3.8) is 0 Å². The second kappa shape index (κ2) is 2.92. The van der Waals surface area contributed by atoms with Crippen LogP contribution in [0.3, 0.4) is 0 Å². The van der Waals surface area contributed by atoms with E-state index in [1.807, 2.05) is 0 Å². The molecule has 0 saturated carbocycles. The summed E-state index contributed by atoms with van der Waals surface area (Å²) in [4.78, 5) is 10.5. The molecule has 0 unspecified atom stereocenters. The van der Waals surface area contributed by atoms with E-state index in [1.54, 1.807) is 6.20 Å². The predicted molar refractivity (Wildman–Crippen MR) is 45.5 cm³/mol. The summed E-state index contributed by atoms with van der Waals surface area (Å²) in [7, 11) is 0. The van der Waals surface area contributed by atoms with Crippen LogP contribution < -0.4 is 0 Å². The van der Waals surface area contributed by atoms with Gasteiger partial charge in [0.05, 0.1) is 0 Å². The number of carboxylic acids is 1. The zero-order valence-electron chi connectivity index (χ0n) is 5.62. The third-order valence-electron chi connectivity index (χ3n) is 1.23. The van der Waals surface area contributed by atoms with Gasteiger partial charge in [-0.1, -0.05) is 6.58 Å². The van der Waals surface area contributed by atoms with Crippen molar-refractivity contribution in [1.29, 1.82) is 0 Å². The molecule has 11 heavy (non-hydrogen) atoms. The van der Waals surface area contributed by atoms with Crippen molar-refractivity contribution in [3.8, 4) is 0 Å². The second-order valence-electron chi connectivity index (χ2n) is 1.94. The smallest absolute Gasteiger partial charge is 0.352 e. The van der Waals surface area contributed by atoms with E-state index in [4.69, 9.17) is 5.11 Å². The maximum Gasteiger partial charge on any atom is 0.352 e. The minimum absolute atomic E-state index is 0.201. The Hall–Kier alpha value is -1.03. The maximum absolute atomic E-state index is 10.5. The minimum atomic E-state index is -0.962. The molecule has 0 amide bonds. The molecule has 0 aromatic carbocycles. The van der Waals surface area contributed by atoms with E-state index in [0.29, 0.717) is 0 Å². The number of rotatable bonds is 2. The van der Waals surface area contributed by atoms with Crippen molar-refractivity contribution in [1.82, 2.24) is 4.57 Å². The summed E-state index contributed by atoms with van der Waals surface area (Å²) in [6, 6.07) is 1.52. The van der Waals surface area contributed by atoms with Crippen LogP contribution in [0.1, 0.15) is 10.5 Å². The van der Waals surface area contributed by atoms with Crippen LogP contribution in [0.2, 0.25) is 0 Å². The number of aromatic carboxylic acids is 1. The Morgan fingerprint density at radius 2 is 2.45 bits per heavy atom. The van der Waals surface area contributed by atoms with Gasteiger partial charge in [0.1, 0.15) is 5.69 Å². The average molecular weight is 216 g/mol. The molecule has 1 aromatic heterocycles. The molecule has 0 saturated heterocycles. The zero-order chi connectivity index (χ0) is 8.43. The van der Waals surface area contributed by atoms with Crippen LogP contribution in [0.4, 0.5) is 0 Å². The average Bonchev–Trinajstić information content (AvgIpc) is 2.30. The lowest BCUT2D eigenvalue weighted by molar-refractivity contribution is 0.0689. The first-order chi connectivity index (χ1) is 5.15. The van der Waals surface area contributed by atoms with Gasteiger partial charge in [-0.25, -0.2) is 4.79 Å². The molecule has 0 atom stereocenters. The normalized spacial score (nSPS) is 9.55. The van der Waals surface area contributed by atoms with E-state index in [9.17, 15) is 4.79 Å². The minimum Gasteiger partial charge on any atom is -0.477 e. The lowest BCUT2D eigenvalue weighted by Gasteiger charge is -1.94. The fourth-order valence-corrected chi connectivity index (χ4v) is 1.21. The summed E-state index contributed by atoms with van der Waals surface area (Å²) in [6.07, 6.45) is 3.07. The van der Waals surface area contributed by atoms with E-state index in [-0.39, 0.29) is 5.69 Å². The zero-order valence-corrected chi connectivity index (χ0v) is 7.21. The Labute approximate surface area is 72.1 Å². The Balaban J connectivity index is 3.22. The second-order valence-corrected chi connectivity index (χ2v) is 2.85. The van der Waals surface area contributed by atoms with Crippen LogP contribution in [-0.4, -0.2) is 15.6 Å². The molecule has 0 radical (unpaired) electrons. The first-order valence-corrected chi connectivity index (χ1v) is 3.67. The molecule has 1 aromatic rings. The summed E-state index contributed by atoms with van der Waals surface area (Å²) in [6.45, 7) is 3.47. The van der Waals surface area contributed by atoms with Gasteiger partial charge < -0.3 is 9.67 Å². The van der Waals surface area contributed by atoms with Crippen LogP contribution in [0.5, 0.6) is 0 Å². The monoisotopic (exact) mass is 215 g/mol. The van der Waals surface area contributed by atoms with E-state index < -0.39 is 5.97 Å². The highest BCUT2D eigenvalue weighted by atomic mass is 79.9. The highest BCUT2D eigenvalue weighted by Gasteiger charge is 2.08. The highest BCUT2D eigenvalue weighted by molar-refractivity contribution is 9.10. The third-order valence-corrected chi connectivity index (χ3v) is 1.66. The largest absolute Gasteiger partial charge is 0.477 e. The molecule has 0 fully saturated rings. The van der Waals surface area contributed by atoms with Crippen molar-refractivity contribution in [2.75, 3.05) is 0 Å². The van der Waals surface area contributed by atoms with Crippen molar-refractivity contribution in [3.05, 3.63) is 29.0 Å². The van der Waals surface area contributed by atoms with Gasteiger partial charge in [-0.15, -0.1) is 0 Å². The summed E-state index contributed by atoms with van der Waals surface area (Å²) in [5, 5.41) is 8.62. The van der Waals surface area contributed by atoms with Gasteiger partial charge >= 0.3 is 5.97 Å². The van der Waals surface area contributed by atoms with Crippen LogP contribution >= 0.6 is 15.9 Å². The van der Waals surface area contributed by atoms with Crippen molar-refractivity contribution in [2.24, 2.45) is 0 Å². The van der Waals surface area contributed by atoms with Gasteiger partial charge in [0.15, 0.2) is 0 Å². The molecular weight excluding hydrogens is 210 g/mol. The first kappa shape index (κ1) is 8.07. The molecule has 58 valence electrons. The molecule has 1 N–H and O–H groups in total. The number of hydrogen-bond donors (Lipinski definition) is 1. The SMILES string of the molecule is C=Cn1cc(Br)cc1C(=O)O. The highest BCUT2D eigenvalue weighted by Crippen LogP contribution is 2.14. The lowest BCUT2D eigenvalue weighted by atomic mass is 10.4. The fourth-order valence-electron chi connectivity index (χ4n) is 0.768. The van der Waals surface area contributed by atoms with E-state index >= 15 is 0 Å². The quantitative estimate of drug-likeness (QED) is 0.821. The summed E-state index contributed by atoms with van der Waals surface area (Å²) in [5.41, 5.74) is 0.201. The van der Waals surface area contributed by atoms with Gasteiger partial charge in [0.2, 0.25) is 0 Å². The van der Waals surface area contributed by atoms with Crippen molar-refractivity contribution < 1.29 is 9.90 Å². The van der Waals surface area contributed by atoms with Crippen LogP contribution in [-0.2, 0) is 0 Å². The van der Waals surface area contributed by atoms with Gasteiger partial charge in [-0.05, 0) is 22.0 Å². The number of halogens is 1. The van der Waals surface area contributed by atoms with Gasteiger partial charge in [0.25, 0.3) is 0 Å². The van der Waals surface area contributed by atoms with E-state index in [1.165, 1.54) is 16.8 Å². The van der Waals surface area contributed by atoms with E-state index in [0.717, 1.165) is 4.47 Å². The fraction of sp³-hybridized carbons (Fsp3) is 0. The Morgan fingerprint density at radius 3 is 2.82 bits per heavy atom. The molecule has 0 aliphatic rings. The summed E-state index contributed by atoms with van der Waals surface area (Å²) < 4.78 is 2.17. The number of carboxylic acid groups (broad SMARTS) is 1. The van der Waals surface area contributed by atoms with Crippen LogP contribution in [0.25, 0.3) is 6.20 Å². The molecule has 0 bridgehead atoms. The standard InChI is InChI=1S/C7H6BrNO2/c1-2-9-4-5(8)3-6(9)7(10)11/h2-4H,1H2,(H,10,11). The maximum atomic E-state index is 10.5. The predicted octanol–water partition coefficient (Wildman–Crippen LogP) is 2.05. The lowest BCUT2D eigenvalue weighted by Crippen LogP contribution is -2.01. The Morgan fingerprint density at radius 1 is 1.82 bits per heavy atom. The molecule has 0 spiro atoms. The molecule has 0 aliphatic heterocycles. The van der Waals surface area contributed by atoms with Crippen LogP contribution in [0.15, 0.2) is 23.3 Å². The number of nitrogens with zero attached hydrogens (tertiary/aromatic N) is 1. The topological polar surface area (TPSA) is 42.2 Å². The van der Waals surface area contributed by atoms with E-state index in [2.05, 4.69) is 22.5 Å². The van der Waals surface area contributed by atoms with Crippen LogP contribution in [0, 0.1) is 0 Å². The molecule has 0 aliphatic carbocycles. The Bertz CT molecular complexity index is 303. The molecular formula is C7H6BrNO2. The summed E-state index contributed by atoms with van der Waals surface area (Å²) >= 11 is 3.16. The molecule has 3 nitrogen and oxygen atoms in total. The van der Waals surface area contributed by atoms with Gasteiger partial charge in [-0.2, -0.15) is 0 Å². The van der Waals surface area contributed by atoms with Gasteiger partial charge in [-0.3, -0.25) is 0 Å². The number of hydrogen-bond acceptors (Lipinski definition) is 1. The molecule has 1 heterocycles. The Kier molecular flexibility index (Phi) is 2.14. The molecule has 1 rings (SSSR count). The molecule has 4 heteroatoms. The summed E-state index contributed by atoms with van der Waals surface area (Å²) in [5.74, 6) is -0.962. The van der Waals surface area contributed by atoms with Crippen molar-refractivity contribution in [2.45, 2.75) is 0 Å².